The molecule has 1 aliphatic heterocycles. The monoisotopic (exact) mass is 391 g/mol. The summed E-state index contributed by atoms with van der Waals surface area (Å²) in [6.45, 7) is 5.17. The Labute approximate surface area is 169 Å². The molecule has 0 saturated carbocycles. The summed E-state index contributed by atoms with van der Waals surface area (Å²) in [6.07, 6.45) is 3.14. The average molecular weight is 391 g/mol. The van der Waals surface area contributed by atoms with Crippen LogP contribution in [0.2, 0.25) is 0 Å². The summed E-state index contributed by atoms with van der Waals surface area (Å²) in [7, 11) is 0. The highest BCUT2D eigenvalue weighted by Crippen LogP contribution is 2.19. The van der Waals surface area contributed by atoms with E-state index in [0.717, 1.165) is 48.9 Å². The highest BCUT2D eigenvalue weighted by molar-refractivity contribution is 6.02. The number of piperazine rings is 1. The first-order valence-electron chi connectivity index (χ1n) is 9.54. The molecule has 29 heavy (non-hydrogen) atoms. The summed E-state index contributed by atoms with van der Waals surface area (Å²) in [5.41, 5.74) is 3.15. The van der Waals surface area contributed by atoms with Gasteiger partial charge >= 0.3 is 0 Å². The number of carbonyl (C=O) groups excluding carboxylic acids is 1. The second-order valence-corrected chi connectivity index (χ2v) is 7.03. The Kier molecular flexibility index (Phi) is 5.37. The van der Waals surface area contributed by atoms with Crippen LogP contribution in [0.1, 0.15) is 16.1 Å². The van der Waals surface area contributed by atoms with Gasteiger partial charge in [-0.1, -0.05) is 17.7 Å². The molecule has 0 radical (unpaired) electrons. The lowest BCUT2D eigenvalue weighted by Crippen LogP contribution is -2.46. The van der Waals surface area contributed by atoms with Crippen molar-refractivity contribution in [3.05, 3.63) is 78.0 Å². The summed E-state index contributed by atoms with van der Waals surface area (Å²) in [4.78, 5) is 25.4. The van der Waals surface area contributed by atoms with Crippen LogP contribution in [0.15, 0.2) is 60.9 Å². The molecule has 0 unspecified atom stereocenters. The van der Waals surface area contributed by atoms with Gasteiger partial charge in [0.1, 0.15) is 17.3 Å². The Balaban J connectivity index is 1.35. The molecule has 0 bridgehead atoms. The normalized spacial score (nSPS) is 14.0. The number of hydrogen-bond donors (Lipinski definition) is 1. The summed E-state index contributed by atoms with van der Waals surface area (Å²) in [5, 5.41) is 2.82. The SMILES string of the molecule is Cc1ccc(NC(=O)c2cnc(N3CCN(c4ccc(F)cc4)CC3)cn2)cc1. The summed E-state index contributed by atoms with van der Waals surface area (Å²) in [5.74, 6) is 0.235. The van der Waals surface area contributed by atoms with Crippen molar-refractivity contribution in [2.75, 3.05) is 41.3 Å². The first kappa shape index (κ1) is 18.9. The van der Waals surface area contributed by atoms with E-state index in [1.165, 1.54) is 18.3 Å². The zero-order valence-electron chi connectivity index (χ0n) is 16.2. The third kappa shape index (κ3) is 4.51. The van der Waals surface area contributed by atoms with Crippen LogP contribution >= 0.6 is 0 Å². The molecule has 7 heteroatoms. The van der Waals surface area contributed by atoms with Gasteiger partial charge in [-0.05, 0) is 43.3 Å². The van der Waals surface area contributed by atoms with Crippen molar-refractivity contribution in [2.45, 2.75) is 6.92 Å². The lowest BCUT2D eigenvalue weighted by Gasteiger charge is -2.36. The van der Waals surface area contributed by atoms with Crippen molar-refractivity contribution in [1.29, 1.82) is 0 Å². The molecule has 148 valence electrons. The van der Waals surface area contributed by atoms with E-state index in [2.05, 4.69) is 25.1 Å². The van der Waals surface area contributed by atoms with E-state index in [0.29, 0.717) is 0 Å². The minimum Gasteiger partial charge on any atom is -0.368 e. The molecule has 1 saturated heterocycles. The topological polar surface area (TPSA) is 61.4 Å². The standard InChI is InChI=1S/C22H22FN5O/c1-16-2-6-18(7-3-16)26-22(29)20-14-25-21(15-24-20)28-12-10-27(11-13-28)19-8-4-17(23)5-9-19/h2-9,14-15H,10-13H2,1H3,(H,26,29). The molecule has 6 nitrogen and oxygen atoms in total. The minimum atomic E-state index is -0.283. The molecule has 1 aromatic heterocycles. The number of halogens is 1. The van der Waals surface area contributed by atoms with E-state index >= 15 is 0 Å². The molecule has 0 spiro atoms. The van der Waals surface area contributed by atoms with Crippen molar-refractivity contribution < 1.29 is 9.18 Å². The molecular weight excluding hydrogens is 369 g/mol. The van der Waals surface area contributed by atoms with Crippen molar-refractivity contribution in [3.8, 4) is 0 Å². The number of hydrogen-bond acceptors (Lipinski definition) is 5. The van der Waals surface area contributed by atoms with Crippen molar-refractivity contribution >= 4 is 23.1 Å². The van der Waals surface area contributed by atoms with Crippen LogP contribution in [-0.2, 0) is 0 Å². The molecule has 1 amide bonds. The first-order valence-corrected chi connectivity index (χ1v) is 9.54. The minimum absolute atomic E-state index is 0.228. The van der Waals surface area contributed by atoms with Crippen LogP contribution in [-0.4, -0.2) is 42.1 Å². The van der Waals surface area contributed by atoms with Crippen LogP contribution in [0.25, 0.3) is 0 Å². The molecule has 1 N–H and O–H groups in total. The average Bonchev–Trinajstić information content (AvgIpc) is 2.76. The molecule has 1 fully saturated rings. The van der Waals surface area contributed by atoms with Gasteiger partial charge < -0.3 is 15.1 Å². The van der Waals surface area contributed by atoms with E-state index in [1.54, 1.807) is 18.3 Å². The molecule has 2 heterocycles. The van der Waals surface area contributed by atoms with Crippen molar-refractivity contribution in [3.63, 3.8) is 0 Å². The molecule has 1 aliphatic rings. The Morgan fingerprint density at radius 1 is 0.897 bits per heavy atom. The fraction of sp³-hybridized carbons (Fsp3) is 0.227. The molecule has 3 aromatic rings. The predicted octanol–water partition coefficient (Wildman–Crippen LogP) is 3.50. The maximum absolute atomic E-state index is 13.1. The molecule has 0 atom stereocenters. The molecular formula is C22H22FN5O. The maximum Gasteiger partial charge on any atom is 0.275 e. The second kappa shape index (κ2) is 8.26. The van der Waals surface area contributed by atoms with Gasteiger partial charge in [-0.3, -0.25) is 4.79 Å². The Bertz CT molecular complexity index is 966. The summed E-state index contributed by atoms with van der Waals surface area (Å²) in [6, 6.07) is 14.1. The van der Waals surface area contributed by atoms with Gasteiger partial charge in [0.05, 0.1) is 12.4 Å². The smallest absolute Gasteiger partial charge is 0.275 e. The van der Waals surface area contributed by atoms with Gasteiger partial charge in [0.25, 0.3) is 5.91 Å². The van der Waals surface area contributed by atoms with Gasteiger partial charge in [0.2, 0.25) is 0 Å². The number of anilines is 3. The number of benzene rings is 2. The number of amides is 1. The van der Waals surface area contributed by atoms with E-state index in [-0.39, 0.29) is 17.4 Å². The van der Waals surface area contributed by atoms with Crippen molar-refractivity contribution in [1.82, 2.24) is 9.97 Å². The molecule has 0 aliphatic carbocycles. The van der Waals surface area contributed by atoms with Crippen LogP contribution in [0, 0.1) is 12.7 Å². The summed E-state index contributed by atoms with van der Waals surface area (Å²) >= 11 is 0. The second-order valence-electron chi connectivity index (χ2n) is 7.03. The Morgan fingerprint density at radius 3 is 2.17 bits per heavy atom. The van der Waals surface area contributed by atoms with E-state index in [4.69, 9.17) is 0 Å². The fourth-order valence-electron chi connectivity index (χ4n) is 3.28. The van der Waals surface area contributed by atoms with E-state index in [9.17, 15) is 9.18 Å². The van der Waals surface area contributed by atoms with E-state index < -0.39 is 0 Å². The third-order valence-corrected chi connectivity index (χ3v) is 4.98. The number of aryl methyl sites for hydroxylation is 1. The number of nitrogens with zero attached hydrogens (tertiary/aromatic N) is 4. The Morgan fingerprint density at radius 2 is 1.55 bits per heavy atom. The highest BCUT2D eigenvalue weighted by atomic mass is 19.1. The third-order valence-electron chi connectivity index (χ3n) is 4.98. The molecule has 4 rings (SSSR count). The van der Waals surface area contributed by atoms with Crippen LogP contribution in [0.4, 0.5) is 21.6 Å². The van der Waals surface area contributed by atoms with Crippen molar-refractivity contribution in [2.24, 2.45) is 0 Å². The number of aromatic nitrogens is 2. The zero-order valence-corrected chi connectivity index (χ0v) is 16.2. The maximum atomic E-state index is 13.1. The zero-order chi connectivity index (χ0) is 20.2. The predicted molar refractivity (Wildman–Crippen MR) is 112 cm³/mol. The van der Waals surface area contributed by atoms with Gasteiger partial charge in [-0.25, -0.2) is 14.4 Å². The van der Waals surface area contributed by atoms with Crippen LogP contribution < -0.4 is 15.1 Å². The number of nitrogens with one attached hydrogen (secondary N) is 1. The lowest BCUT2D eigenvalue weighted by molar-refractivity contribution is 0.102. The van der Waals surface area contributed by atoms with Gasteiger partial charge in [0.15, 0.2) is 0 Å². The molecule has 2 aromatic carbocycles. The quantitative estimate of drug-likeness (QED) is 0.738. The Hall–Kier alpha value is -3.48. The van der Waals surface area contributed by atoms with E-state index in [1.807, 2.05) is 31.2 Å². The van der Waals surface area contributed by atoms with Crippen LogP contribution in [0.5, 0.6) is 0 Å². The van der Waals surface area contributed by atoms with Gasteiger partial charge in [-0.15, -0.1) is 0 Å². The van der Waals surface area contributed by atoms with Crippen LogP contribution in [0.3, 0.4) is 0 Å². The summed E-state index contributed by atoms with van der Waals surface area (Å²) < 4.78 is 13.1. The number of rotatable bonds is 4. The van der Waals surface area contributed by atoms with Gasteiger partial charge in [-0.2, -0.15) is 0 Å². The lowest BCUT2D eigenvalue weighted by atomic mass is 10.2. The number of carbonyl (C=O) groups is 1. The largest absolute Gasteiger partial charge is 0.368 e. The first-order chi connectivity index (χ1) is 14.1. The van der Waals surface area contributed by atoms with Gasteiger partial charge in [0, 0.05) is 37.6 Å². The fourth-order valence-corrected chi connectivity index (χ4v) is 3.28. The highest BCUT2D eigenvalue weighted by Gasteiger charge is 2.19.